The van der Waals surface area contributed by atoms with Crippen LogP contribution in [-0.2, 0) is 11.2 Å². The standard InChI is InChI=1S/C16H20ClFN2O2/c1-16(2,3)14-19(4)13(21)12(20(14)15(17)22)9-10-6-5-7-11(18)8-10/h5-8,12,14H,9H2,1-4H3/t12-,14-/m0/s1. The van der Waals surface area contributed by atoms with Gasteiger partial charge in [-0.15, -0.1) is 0 Å². The molecule has 0 saturated carbocycles. The Morgan fingerprint density at radius 1 is 1.36 bits per heavy atom. The van der Waals surface area contributed by atoms with Crippen molar-refractivity contribution in [2.45, 2.75) is 39.4 Å². The highest BCUT2D eigenvalue weighted by Gasteiger charge is 2.50. The van der Waals surface area contributed by atoms with E-state index < -0.39 is 17.6 Å². The van der Waals surface area contributed by atoms with Gasteiger partial charge in [-0.2, -0.15) is 0 Å². The molecule has 1 saturated heterocycles. The minimum absolute atomic E-state index is 0.182. The molecular formula is C16H20ClFN2O2. The Morgan fingerprint density at radius 2 is 2.00 bits per heavy atom. The summed E-state index contributed by atoms with van der Waals surface area (Å²) >= 11 is 5.74. The summed E-state index contributed by atoms with van der Waals surface area (Å²) in [6.45, 7) is 5.83. The molecule has 1 aliphatic rings. The van der Waals surface area contributed by atoms with E-state index in [-0.39, 0.29) is 23.6 Å². The first-order chi connectivity index (χ1) is 10.1. The lowest BCUT2D eigenvalue weighted by Gasteiger charge is -2.37. The molecule has 1 aromatic carbocycles. The molecule has 2 amide bonds. The summed E-state index contributed by atoms with van der Waals surface area (Å²) in [7, 11) is 1.66. The second kappa shape index (κ2) is 5.88. The molecule has 2 rings (SSSR count). The van der Waals surface area contributed by atoms with Crippen molar-refractivity contribution in [3.8, 4) is 0 Å². The van der Waals surface area contributed by atoms with E-state index >= 15 is 0 Å². The second-order valence-electron chi connectivity index (χ2n) is 6.70. The van der Waals surface area contributed by atoms with Crippen molar-refractivity contribution >= 4 is 22.9 Å². The van der Waals surface area contributed by atoms with Crippen LogP contribution >= 0.6 is 11.6 Å². The Hall–Kier alpha value is -1.62. The molecule has 1 fully saturated rings. The summed E-state index contributed by atoms with van der Waals surface area (Å²) < 4.78 is 13.3. The van der Waals surface area contributed by atoms with E-state index in [1.807, 2.05) is 20.8 Å². The lowest BCUT2D eigenvalue weighted by molar-refractivity contribution is -0.129. The fourth-order valence-electron chi connectivity index (χ4n) is 3.12. The van der Waals surface area contributed by atoms with E-state index in [2.05, 4.69) is 0 Å². The van der Waals surface area contributed by atoms with Gasteiger partial charge in [-0.3, -0.25) is 14.5 Å². The van der Waals surface area contributed by atoms with Crippen LogP contribution < -0.4 is 0 Å². The predicted molar refractivity (Wildman–Crippen MR) is 83.0 cm³/mol. The number of hydrogen-bond acceptors (Lipinski definition) is 2. The van der Waals surface area contributed by atoms with Gasteiger partial charge in [-0.25, -0.2) is 4.39 Å². The molecule has 4 nitrogen and oxygen atoms in total. The molecule has 0 radical (unpaired) electrons. The van der Waals surface area contributed by atoms with Gasteiger partial charge in [0.1, 0.15) is 18.0 Å². The number of rotatable bonds is 2. The number of amides is 2. The molecule has 6 heteroatoms. The van der Waals surface area contributed by atoms with Gasteiger partial charge in [0.25, 0.3) is 0 Å². The third-order valence-electron chi connectivity index (χ3n) is 3.89. The van der Waals surface area contributed by atoms with Crippen LogP contribution in [0.4, 0.5) is 9.18 Å². The average Bonchev–Trinajstić information content (AvgIpc) is 2.63. The first-order valence-corrected chi connectivity index (χ1v) is 7.49. The van der Waals surface area contributed by atoms with Crippen molar-refractivity contribution in [2.24, 2.45) is 5.41 Å². The molecule has 0 spiro atoms. The maximum atomic E-state index is 13.3. The van der Waals surface area contributed by atoms with Gasteiger partial charge in [0.15, 0.2) is 0 Å². The van der Waals surface area contributed by atoms with Crippen LogP contribution in [0.5, 0.6) is 0 Å². The topological polar surface area (TPSA) is 40.6 Å². The molecular weight excluding hydrogens is 307 g/mol. The lowest BCUT2D eigenvalue weighted by atomic mass is 9.91. The van der Waals surface area contributed by atoms with Gasteiger partial charge < -0.3 is 4.90 Å². The number of nitrogens with zero attached hydrogens (tertiary/aromatic N) is 2. The zero-order valence-electron chi connectivity index (χ0n) is 13.1. The average molecular weight is 327 g/mol. The maximum Gasteiger partial charge on any atom is 0.318 e. The first-order valence-electron chi connectivity index (χ1n) is 7.12. The van der Waals surface area contributed by atoms with Crippen molar-refractivity contribution in [3.63, 3.8) is 0 Å². The summed E-state index contributed by atoms with van der Waals surface area (Å²) in [6, 6.07) is 5.32. The number of carbonyl (C=O) groups is 2. The third-order valence-corrected chi connectivity index (χ3v) is 4.09. The number of hydrogen-bond donors (Lipinski definition) is 0. The normalized spacial score (nSPS) is 22.4. The monoisotopic (exact) mass is 326 g/mol. The Morgan fingerprint density at radius 3 is 2.50 bits per heavy atom. The summed E-state index contributed by atoms with van der Waals surface area (Å²) in [6.07, 6.45) is -0.185. The molecule has 1 aromatic rings. The van der Waals surface area contributed by atoms with Gasteiger partial charge in [0.2, 0.25) is 5.91 Å². The molecule has 0 unspecified atom stereocenters. The number of benzene rings is 1. The number of likely N-dealkylation sites (N-methyl/N-ethyl adjacent to an activating group) is 1. The zero-order valence-corrected chi connectivity index (χ0v) is 13.9. The van der Waals surface area contributed by atoms with Crippen LogP contribution in [-0.4, -0.2) is 40.3 Å². The predicted octanol–water partition coefficient (Wildman–Crippen LogP) is 3.24. The molecule has 1 heterocycles. The van der Waals surface area contributed by atoms with Gasteiger partial charge in [0, 0.05) is 18.9 Å². The van der Waals surface area contributed by atoms with Crippen LogP contribution in [0.15, 0.2) is 24.3 Å². The smallest absolute Gasteiger partial charge is 0.318 e. The minimum Gasteiger partial charge on any atom is -0.323 e. The van der Waals surface area contributed by atoms with Crippen LogP contribution in [0, 0.1) is 11.2 Å². The highest BCUT2D eigenvalue weighted by Crippen LogP contribution is 2.35. The Bertz CT molecular complexity index is 600. The quantitative estimate of drug-likeness (QED) is 0.618. The summed E-state index contributed by atoms with van der Waals surface area (Å²) in [4.78, 5) is 27.4. The van der Waals surface area contributed by atoms with E-state index in [4.69, 9.17) is 11.6 Å². The summed E-state index contributed by atoms with van der Waals surface area (Å²) in [5.41, 5.74) is 0.315. The summed E-state index contributed by atoms with van der Waals surface area (Å²) in [5, 5.41) is -0.668. The van der Waals surface area contributed by atoms with E-state index in [9.17, 15) is 14.0 Å². The van der Waals surface area contributed by atoms with E-state index in [0.717, 1.165) is 0 Å². The van der Waals surface area contributed by atoms with E-state index in [1.165, 1.54) is 17.0 Å². The number of carbonyl (C=O) groups excluding carboxylic acids is 2. The van der Waals surface area contributed by atoms with Crippen LogP contribution in [0.2, 0.25) is 0 Å². The van der Waals surface area contributed by atoms with Crippen LogP contribution in [0.1, 0.15) is 26.3 Å². The Kier molecular flexibility index (Phi) is 4.47. The van der Waals surface area contributed by atoms with Gasteiger partial charge in [0.05, 0.1) is 0 Å². The first kappa shape index (κ1) is 16.7. The molecule has 120 valence electrons. The third kappa shape index (κ3) is 3.09. The second-order valence-corrected chi connectivity index (χ2v) is 7.02. The number of halogens is 2. The van der Waals surface area contributed by atoms with Crippen LogP contribution in [0.25, 0.3) is 0 Å². The Labute approximate surface area is 134 Å². The van der Waals surface area contributed by atoms with Crippen molar-refractivity contribution in [1.82, 2.24) is 9.80 Å². The van der Waals surface area contributed by atoms with Crippen molar-refractivity contribution < 1.29 is 14.0 Å². The highest BCUT2D eigenvalue weighted by atomic mass is 35.5. The van der Waals surface area contributed by atoms with Crippen molar-refractivity contribution in [3.05, 3.63) is 35.6 Å². The van der Waals surface area contributed by atoms with Gasteiger partial charge in [-0.05, 0) is 29.3 Å². The lowest BCUT2D eigenvalue weighted by Crippen LogP contribution is -2.49. The summed E-state index contributed by atoms with van der Waals surface area (Å²) in [5.74, 6) is -0.550. The van der Waals surface area contributed by atoms with E-state index in [0.29, 0.717) is 5.56 Å². The van der Waals surface area contributed by atoms with E-state index in [1.54, 1.807) is 24.1 Å². The molecule has 0 bridgehead atoms. The largest absolute Gasteiger partial charge is 0.323 e. The SMILES string of the molecule is CN1C(=O)[C@H](Cc2cccc(F)c2)N(C(=O)Cl)[C@H]1C(C)(C)C. The molecule has 22 heavy (non-hydrogen) atoms. The molecule has 2 atom stereocenters. The van der Waals surface area contributed by atoms with Crippen LogP contribution in [0.3, 0.4) is 0 Å². The zero-order chi connectivity index (χ0) is 16.7. The Balaban J connectivity index is 2.37. The fraction of sp³-hybridized carbons (Fsp3) is 0.500. The van der Waals surface area contributed by atoms with Gasteiger partial charge in [-0.1, -0.05) is 32.9 Å². The highest BCUT2D eigenvalue weighted by molar-refractivity contribution is 6.63. The van der Waals surface area contributed by atoms with Gasteiger partial charge >= 0.3 is 5.37 Å². The van der Waals surface area contributed by atoms with Crippen molar-refractivity contribution in [2.75, 3.05) is 7.05 Å². The fourth-order valence-corrected chi connectivity index (χ4v) is 3.33. The maximum absolute atomic E-state index is 13.3. The molecule has 0 aromatic heterocycles. The van der Waals surface area contributed by atoms with Crippen molar-refractivity contribution in [1.29, 1.82) is 0 Å². The molecule has 0 N–H and O–H groups in total. The minimum atomic E-state index is -0.707. The molecule has 0 aliphatic carbocycles. The molecule has 1 aliphatic heterocycles.